The first-order chi connectivity index (χ1) is 11.7. The standard InChI is InChI=1S/C16H14BrF3O4/c17-13-4-2-1-3-11(13)7-21-16-14(23-9-19)5-12(22-8-18)6-15(16)24-10-20/h1-6H,7-10H2. The van der Waals surface area contributed by atoms with E-state index in [0.717, 1.165) is 10.0 Å². The molecule has 0 radical (unpaired) electrons. The maximum Gasteiger partial charge on any atom is 0.228 e. The van der Waals surface area contributed by atoms with Gasteiger partial charge < -0.3 is 18.9 Å². The van der Waals surface area contributed by atoms with Crippen LogP contribution < -0.4 is 18.9 Å². The Hall–Kier alpha value is -2.09. The summed E-state index contributed by atoms with van der Waals surface area (Å²) in [7, 11) is 0. The SMILES string of the molecule is FCOc1cc(OCF)c(OCc2ccccc2Br)c(OCF)c1. The Balaban J connectivity index is 2.32. The molecule has 0 aliphatic heterocycles. The molecule has 0 bridgehead atoms. The van der Waals surface area contributed by atoms with Crippen LogP contribution in [0.2, 0.25) is 0 Å². The molecule has 4 nitrogen and oxygen atoms in total. The molecule has 0 spiro atoms. The minimum absolute atomic E-state index is 0.00218. The molecule has 0 unspecified atom stereocenters. The molecule has 130 valence electrons. The van der Waals surface area contributed by atoms with E-state index in [1.165, 1.54) is 12.1 Å². The lowest BCUT2D eigenvalue weighted by molar-refractivity contribution is 0.156. The third kappa shape index (κ3) is 4.70. The highest BCUT2D eigenvalue weighted by molar-refractivity contribution is 9.10. The summed E-state index contributed by atoms with van der Waals surface area (Å²) in [5, 5.41) is 0. The first kappa shape index (κ1) is 18.3. The number of alkyl halides is 3. The molecule has 0 amide bonds. The summed E-state index contributed by atoms with van der Waals surface area (Å²) in [6.45, 7) is -3.32. The minimum Gasteiger partial charge on any atom is -0.481 e. The molecule has 0 aliphatic rings. The molecule has 2 rings (SSSR count). The molecular weight excluding hydrogens is 393 g/mol. The third-order valence-corrected chi connectivity index (χ3v) is 3.74. The van der Waals surface area contributed by atoms with Crippen LogP contribution in [-0.2, 0) is 6.61 Å². The molecular formula is C16H14BrF3O4. The maximum atomic E-state index is 12.6. The fourth-order valence-electron chi connectivity index (χ4n) is 1.94. The molecule has 0 saturated carbocycles. The van der Waals surface area contributed by atoms with Gasteiger partial charge in [0.15, 0.2) is 11.5 Å². The summed E-state index contributed by atoms with van der Waals surface area (Å²) < 4.78 is 58.3. The van der Waals surface area contributed by atoms with Crippen molar-refractivity contribution < 1.29 is 32.1 Å². The lowest BCUT2D eigenvalue weighted by atomic mass is 10.2. The molecule has 0 saturated heterocycles. The Kier molecular flexibility index (Phi) is 7.05. The summed E-state index contributed by atoms with van der Waals surface area (Å²) in [4.78, 5) is 0. The van der Waals surface area contributed by atoms with Crippen molar-refractivity contribution in [1.82, 2.24) is 0 Å². The van der Waals surface area contributed by atoms with Gasteiger partial charge in [-0.1, -0.05) is 34.1 Å². The molecule has 24 heavy (non-hydrogen) atoms. The summed E-state index contributed by atoms with van der Waals surface area (Å²) in [6.07, 6.45) is 0. The van der Waals surface area contributed by atoms with Gasteiger partial charge in [-0.15, -0.1) is 0 Å². The van der Waals surface area contributed by atoms with Crippen LogP contribution in [0.5, 0.6) is 23.0 Å². The third-order valence-electron chi connectivity index (χ3n) is 2.97. The van der Waals surface area contributed by atoms with Gasteiger partial charge in [0.1, 0.15) is 12.4 Å². The fourth-order valence-corrected chi connectivity index (χ4v) is 2.34. The number of benzene rings is 2. The zero-order valence-electron chi connectivity index (χ0n) is 12.4. The number of halogens is 4. The van der Waals surface area contributed by atoms with Crippen LogP contribution in [-0.4, -0.2) is 20.6 Å². The number of rotatable bonds is 9. The van der Waals surface area contributed by atoms with E-state index in [2.05, 4.69) is 20.7 Å². The summed E-state index contributed by atoms with van der Waals surface area (Å²) in [5.41, 5.74) is 0.805. The van der Waals surface area contributed by atoms with Gasteiger partial charge in [-0.2, -0.15) is 0 Å². The van der Waals surface area contributed by atoms with Crippen molar-refractivity contribution in [3.8, 4) is 23.0 Å². The van der Waals surface area contributed by atoms with E-state index >= 15 is 0 Å². The van der Waals surface area contributed by atoms with Crippen molar-refractivity contribution >= 4 is 15.9 Å². The highest BCUT2D eigenvalue weighted by Crippen LogP contribution is 2.42. The van der Waals surface area contributed by atoms with Gasteiger partial charge in [0, 0.05) is 22.2 Å². The topological polar surface area (TPSA) is 36.9 Å². The van der Waals surface area contributed by atoms with Crippen LogP contribution in [0.3, 0.4) is 0 Å². The van der Waals surface area contributed by atoms with Gasteiger partial charge in [-0.25, -0.2) is 13.2 Å². The first-order valence-electron chi connectivity index (χ1n) is 6.80. The Bertz CT molecular complexity index is 643. The monoisotopic (exact) mass is 406 g/mol. The zero-order valence-corrected chi connectivity index (χ0v) is 14.0. The van der Waals surface area contributed by atoms with Gasteiger partial charge in [0.05, 0.1) is 0 Å². The molecule has 0 heterocycles. The summed E-state index contributed by atoms with van der Waals surface area (Å²) >= 11 is 3.38. The van der Waals surface area contributed by atoms with Gasteiger partial charge in [-0.3, -0.25) is 0 Å². The highest BCUT2D eigenvalue weighted by atomic mass is 79.9. The molecule has 0 atom stereocenters. The Morgan fingerprint density at radius 3 is 1.92 bits per heavy atom. The van der Waals surface area contributed by atoms with Crippen molar-refractivity contribution in [2.45, 2.75) is 6.61 Å². The van der Waals surface area contributed by atoms with E-state index in [9.17, 15) is 13.2 Å². The van der Waals surface area contributed by atoms with Crippen molar-refractivity contribution in [3.63, 3.8) is 0 Å². The van der Waals surface area contributed by atoms with Crippen LogP contribution in [0.1, 0.15) is 5.56 Å². The van der Waals surface area contributed by atoms with Crippen LogP contribution in [0, 0.1) is 0 Å². The summed E-state index contributed by atoms with van der Waals surface area (Å²) in [5.74, 6) is -0.178. The molecule has 0 fully saturated rings. The average Bonchev–Trinajstić information content (AvgIpc) is 2.56. The van der Waals surface area contributed by atoms with E-state index in [1.807, 2.05) is 24.3 Å². The molecule has 8 heteroatoms. The van der Waals surface area contributed by atoms with Crippen molar-refractivity contribution in [1.29, 1.82) is 0 Å². The van der Waals surface area contributed by atoms with E-state index in [4.69, 9.17) is 14.2 Å². The molecule has 0 N–H and O–H groups in total. The smallest absolute Gasteiger partial charge is 0.228 e. The van der Waals surface area contributed by atoms with Crippen molar-refractivity contribution in [3.05, 3.63) is 46.4 Å². The quantitative estimate of drug-likeness (QED) is 0.590. The number of hydrogen-bond donors (Lipinski definition) is 0. The average molecular weight is 407 g/mol. The Morgan fingerprint density at radius 1 is 0.792 bits per heavy atom. The Morgan fingerprint density at radius 2 is 1.38 bits per heavy atom. The van der Waals surface area contributed by atoms with E-state index < -0.39 is 20.6 Å². The molecule has 0 aliphatic carbocycles. The van der Waals surface area contributed by atoms with Crippen molar-refractivity contribution in [2.75, 3.05) is 20.6 Å². The second-order valence-electron chi connectivity index (χ2n) is 4.39. The highest BCUT2D eigenvalue weighted by Gasteiger charge is 2.17. The van der Waals surface area contributed by atoms with E-state index in [1.54, 1.807) is 0 Å². The van der Waals surface area contributed by atoms with E-state index in [-0.39, 0.29) is 29.6 Å². The van der Waals surface area contributed by atoms with Crippen LogP contribution >= 0.6 is 15.9 Å². The largest absolute Gasteiger partial charge is 0.481 e. The minimum atomic E-state index is -1.15. The predicted octanol–water partition coefficient (Wildman–Crippen LogP) is 4.95. The van der Waals surface area contributed by atoms with Crippen LogP contribution in [0.25, 0.3) is 0 Å². The lowest BCUT2D eigenvalue weighted by Gasteiger charge is -2.17. The first-order valence-corrected chi connectivity index (χ1v) is 7.59. The Labute approximate surface area is 145 Å². The van der Waals surface area contributed by atoms with Gasteiger partial charge in [0.2, 0.25) is 26.3 Å². The maximum absolute atomic E-state index is 12.6. The lowest BCUT2D eigenvalue weighted by Crippen LogP contribution is -2.04. The van der Waals surface area contributed by atoms with Gasteiger partial charge in [-0.05, 0) is 6.07 Å². The van der Waals surface area contributed by atoms with Gasteiger partial charge >= 0.3 is 0 Å². The second-order valence-corrected chi connectivity index (χ2v) is 5.24. The number of ether oxygens (including phenoxy) is 4. The molecule has 0 aromatic heterocycles. The summed E-state index contributed by atoms with van der Waals surface area (Å²) in [6, 6.07) is 9.77. The van der Waals surface area contributed by atoms with E-state index in [0.29, 0.717) is 0 Å². The fraction of sp³-hybridized carbons (Fsp3) is 0.250. The van der Waals surface area contributed by atoms with Crippen molar-refractivity contribution in [2.24, 2.45) is 0 Å². The van der Waals surface area contributed by atoms with Crippen LogP contribution in [0.4, 0.5) is 13.2 Å². The van der Waals surface area contributed by atoms with Crippen LogP contribution in [0.15, 0.2) is 40.9 Å². The molecule has 2 aromatic rings. The normalized spacial score (nSPS) is 10.3. The zero-order chi connectivity index (χ0) is 17.4. The number of hydrogen-bond acceptors (Lipinski definition) is 4. The predicted molar refractivity (Wildman–Crippen MR) is 84.7 cm³/mol. The molecule has 2 aromatic carbocycles. The second kappa shape index (κ2) is 9.27. The van der Waals surface area contributed by atoms with Gasteiger partial charge in [0.25, 0.3) is 0 Å².